The normalized spacial score (nSPS) is 18.7. The van der Waals surface area contributed by atoms with Crippen molar-refractivity contribution in [2.45, 2.75) is 51.2 Å². The predicted octanol–water partition coefficient (Wildman–Crippen LogP) is 6.08. The molecule has 0 aliphatic heterocycles. The van der Waals surface area contributed by atoms with Crippen molar-refractivity contribution in [1.29, 1.82) is 0 Å². The second kappa shape index (κ2) is 9.11. The van der Waals surface area contributed by atoms with Crippen molar-refractivity contribution in [3.63, 3.8) is 0 Å². The number of halogens is 1. The highest BCUT2D eigenvalue weighted by molar-refractivity contribution is 7.13. The first-order valence-electron chi connectivity index (χ1n) is 11.3. The number of hydrogen-bond donors (Lipinski definition) is 2. The van der Waals surface area contributed by atoms with Crippen molar-refractivity contribution in [3.05, 3.63) is 76.3 Å². The minimum atomic E-state index is -0.510. The van der Waals surface area contributed by atoms with Crippen molar-refractivity contribution in [2.24, 2.45) is 0 Å². The van der Waals surface area contributed by atoms with Gasteiger partial charge in [-0.15, -0.1) is 0 Å². The number of aliphatic hydroxyl groups is 1. The Morgan fingerprint density at radius 2 is 1.94 bits per heavy atom. The van der Waals surface area contributed by atoms with E-state index in [0.29, 0.717) is 12.5 Å². The summed E-state index contributed by atoms with van der Waals surface area (Å²) in [5.74, 6) is 0.359. The molecule has 2 aromatic carbocycles. The molecule has 0 saturated carbocycles. The topological polar surface area (TPSA) is 70.9 Å². The third-order valence-electron chi connectivity index (χ3n) is 6.41. The lowest BCUT2D eigenvalue weighted by Gasteiger charge is -2.19. The Morgan fingerprint density at radius 1 is 1.15 bits per heavy atom. The van der Waals surface area contributed by atoms with Gasteiger partial charge in [0.1, 0.15) is 6.33 Å². The van der Waals surface area contributed by atoms with Crippen LogP contribution in [0.1, 0.15) is 67.6 Å². The molecule has 0 fully saturated rings. The highest BCUT2D eigenvalue weighted by atomic mass is 35.5. The van der Waals surface area contributed by atoms with Gasteiger partial charge >= 0.3 is 0 Å². The molecular weight excluding hydrogens is 452 g/mol. The van der Waals surface area contributed by atoms with E-state index < -0.39 is 6.10 Å². The van der Waals surface area contributed by atoms with Crippen LogP contribution in [0, 0.1) is 0 Å². The van der Waals surface area contributed by atoms with E-state index in [-0.39, 0.29) is 11.8 Å². The van der Waals surface area contributed by atoms with Gasteiger partial charge in [0.15, 0.2) is 0 Å². The minimum absolute atomic E-state index is 0.128. The molecule has 5 rings (SSSR count). The zero-order valence-electron chi connectivity index (χ0n) is 18.9. The van der Waals surface area contributed by atoms with E-state index >= 15 is 0 Å². The molecule has 2 N–H and O–H groups in total. The molecule has 1 aliphatic carbocycles. The van der Waals surface area contributed by atoms with Crippen LogP contribution in [0.4, 0.5) is 0 Å². The summed E-state index contributed by atoms with van der Waals surface area (Å²) in [6.07, 6.45) is 1.75. The Balaban J connectivity index is 1.56. The molecule has 3 atom stereocenters. The van der Waals surface area contributed by atoms with Crippen LogP contribution in [0.15, 0.2) is 48.8 Å². The Labute approximate surface area is 203 Å². The van der Waals surface area contributed by atoms with Crippen LogP contribution in [0.2, 0.25) is 5.02 Å². The number of fused-ring (bicyclic) bond motifs is 2. The van der Waals surface area contributed by atoms with Gasteiger partial charge in [-0.3, -0.25) is 0 Å². The molecule has 0 radical (unpaired) electrons. The van der Waals surface area contributed by atoms with E-state index in [2.05, 4.69) is 66.4 Å². The quantitative estimate of drug-likeness (QED) is 0.351. The first-order chi connectivity index (χ1) is 15.9. The summed E-state index contributed by atoms with van der Waals surface area (Å²) < 4.78 is 6.03. The summed E-state index contributed by atoms with van der Waals surface area (Å²) in [4.78, 5) is 8.95. The molecular formula is C26H27ClN4OS. The molecule has 33 heavy (non-hydrogen) atoms. The predicted molar refractivity (Wildman–Crippen MR) is 135 cm³/mol. The third-order valence-corrected chi connectivity index (χ3v) is 7.48. The monoisotopic (exact) mass is 478 g/mol. The van der Waals surface area contributed by atoms with Crippen LogP contribution in [-0.4, -0.2) is 32.0 Å². The highest BCUT2D eigenvalue weighted by Crippen LogP contribution is 2.43. The Kier molecular flexibility index (Phi) is 6.18. The van der Waals surface area contributed by atoms with Gasteiger partial charge in [-0.05, 0) is 47.6 Å². The summed E-state index contributed by atoms with van der Waals surface area (Å²) in [6.45, 7) is 7.24. The van der Waals surface area contributed by atoms with Gasteiger partial charge in [0.05, 0.1) is 27.9 Å². The average molecular weight is 479 g/mol. The standard InChI is InChI=1S/C26H27ClN4OS/c1-14(2)28-12-20(16-4-7-18(27)8-5-16)25-19-9-6-17(11-22(19)33-31-25)24-23-15(3)10-21(32)26(23)30-13-29-24/h4-9,11,13-15,20-21,28,32H,10,12H2,1-3H3/t15-,20?,21-/m1/s1. The summed E-state index contributed by atoms with van der Waals surface area (Å²) >= 11 is 7.66. The van der Waals surface area contributed by atoms with Gasteiger partial charge in [0, 0.05) is 40.0 Å². The smallest absolute Gasteiger partial charge is 0.116 e. The lowest BCUT2D eigenvalue weighted by molar-refractivity contribution is 0.170. The number of hydrogen-bond acceptors (Lipinski definition) is 6. The van der Waals surface area contributed by atoms with Gasteiger partial charge in [-0.25, -0.2) is 9.97 Å². The molecule has 0 amide bonds. The summed E-state index contributed by atoms with van der Waals surface area (Å²) in [5, 5.41) is 15.8. The molecule has 2 heterocycles. The van der Waals surface area contributed by atoms with Crippen LogP contribution in [0.3, 0.4) is 0 Å². The zero-order chi connectivity index (χ0) is 23.1. The minimum Gasteiger partial charge on any atom is -0.387 e. The molecule has 2 aromatic heterocycles. The summed E-state index contributed by atoms with van der Waals surface area (Å²) in [6, 6.07) is 14.9. The maximum absolute atomic E-state index is 10.4. The highest BCUT2D eigenvalue weighted by Gasteiger charge is 2.31. The Morgan fingerprint density at radius 3 is 2.70 bits per heavy atom. The number of nitrogens with zero attached hydrogens (tertiary/aromatic N) is 3. The molecule has 7 heteroatoms. The van der Waals surface area contributed by atoms with E-state index in [9.17, 15) is 5.11 Å². The van der Waals surface area contributed by atoms with Crippen LogP contribution >= 0.6 is 23.1 Å². The van der Waals surface area contributed by atoms with Gasteiger partial charge in [-0.2, -0.15) is 4.37 Å². The molecule has 0 saturated heterocycles. The van der Waals surface area contributed by atoms with Crippen LogP contribution in [-0.2, 0) is 0 Å². The molecule has 170 valence electrons. The largest absolute Gasteiger partial charge is 0.387 e. The SMILES string of the molecule is CC(C)NCC(c1ccc(Cl)cc1)c1nsc2cc(-c3ncnc4c3[C@H](C)C[C@H]4O)ccc12. The second-order valence-electron chi connectivity index (χ2n) is 9.12. The molecule has 5 nitrogen and oxygen atoms in total. The second-order valence-corrected chi connectivity index (χ2v) is 10.4. The van der Waals surface area contributed by atoms with Crippen molar-refractivity contribution in [2.75, 3.05) is 6.54 Å². The number of aliphatic hydroxyl groups excluding tert-OH is 1. The molecule has 4 aromatic rings. The lowest BCUT2D eigenvalue weighted by atomic mass is 9.92. The van der Waals surface area contributed by atoms with Crippen molar-refractivity contribution >= 4 is 33.2 Å². The maximum atomic E-state index is 10.4. The van der Waals surface area contributed by atoms with E-state index in [1.54, 1.807) is 6.33 Å². The lowest BCUT2D eigenvalue weighted by Crippen LogP contribution is -2.28. The summed E-state index contributed by atoms with van der Waals surface area (Å²) in [5.41, 5.74) is 6.06. The summed E-state index contributed by atoms with van der Waals surface area (Å²) in [7, 11) is 0. The Bertz CT molecular complexity index is 1290. The number of benzene rings is 2. The first-order valence-corrected chi connectivity index (χ1v) is 12.5. The average Bonchev–Trinajstić information content (AvgIpc) is 3.35. The van der Waals surface area contributed by atoms with Gasteiger partial charge < -0.3 is 10.4 Å². The molecule has 0 bridgehead atoms. The van der Waals surface area contributed by atoms with Gasteiger partial charge in [0.2, 0.25) is 0 Å². The van der Waals surface area contributed by atoms with Gasteiger partial charge in [0.25, 0.3) is 0 Å². The van der Waals surface area contributed by atoms with Crippen molar-refractivity contribution in [1.82, 2.24) is 19.7 Å². The van der Waals surface area contributed by atoms with Crippen LogP contribution in [0.25, 0.3) is 21.3 Å². The molecule has 1 aliphatic rings. The van der Waals surface area contributed by atoms with Gasteiger partial charge in [-0.1, -0.05) is 56.6 Å². The molecule has 0 spiro atoms. The third kappa shape index (κ3) is 4.28. The maximum Gasteiger partial charge on any atom is 0.116 e. The van der Waals surface area contributed by atoms with Crippen molar-refractivity contribution in [3.8, 4) is 11.3 Å². The number of rotatable bonds is 6. The number of nitrogens with one attached hydrogen (secondary N) is 1. The zero-order valence-corrected chi connectivity index (χ0v) is 20.5. The van der Waals surface area contributed by atoms with Crippen LogP contribution < -0.4 is 5.32 Å². The van der Waals surface area contributed by atoms with Crippen molar-refractivity contribution < 1.29 is 5.11 Å². The first kappa shape index (κ1) is 22.4. The van der Waals surface area contributed by atoms with Crippen LogP contribution in [0.5, 0.6) is 0 Å². The van der Waals surface area contributed by atoms with E-state index in [1.807, 2.05) is 12.1 Å². The fourth-order valence-electron chi connectivity index (χ4n) is 4.73. The van der Waals surface area contributed by atoms with E-state index in [0.717, 1.165) is 49.9 Å². The number of aromatic nitrogens is 3. The van der Waals surface area contributed by atoms with E-state index in [4.69, 9.17) is 16.0 Å². The molecule has 1 unspecified atom stereocenters. The Hall–Kier alpha value is -2.38. The fraction of sp³-hybridized carbons (Fsp3) is 0.346. The van der Waals surface area contributed by atoms with E-state index in [1.165, 1.54) is 17.1 Å². The fourth-order valence-corrected chi connectivity index (χ4v) is 5.73.